The van der Waals surface area contributed by atoms with E-state index in [1.54, 1.807) is 24.3 Å². The molecule has 0 N–H and O–H groups in total. The minimum Gasteiger partial charge on any atom is -0.494 e. The topological polar surface area (TPSA) is 59.3 Å². The van der Waals surface area contributed by atoms with Crippen molar-refractivity contribution in [1.82, 2.24) is 0 Å². The predicted molar refractivity (Wildman–Crippen MR) is 63.2 cm³/mol. The highest BCUT2D eigenvalue weighted by molar-refractivity contribution is 5.97. The van der Waals surface area contributed by atoms with Gasteiger partial charge in [0.25, 0.3) is 0 Å². The molecule has 0 aliphatic heterocycles. The average Bonchev–Trinajstić information content (AvgIpc) is 2.36. The van der Waals surface area contributed by atoms with Gasteiger partial charge in [-0.2, -0.15) is 5.26 Å². The van der Waals surface area contributed by atoms with Gasteiger partial charge in [-0.3, -0.25) is 0 Å². The van der Waals surface area contributed by atoms with Crippen molar-refractivity contribution < 1.29 is 14.3 Å². The van der Waals surface area contributed by atoms with E-state index in [1.165, 1.54) is 13.2 Å². The quantitative estimate of drug-likeness (QED) is 0.452. The second-order valence-electron chi connectivity index (χ2n) is 3.17. The van der Waals surface area contributed by atoms with E-state index in [-0.39, 0.29) is 5.57 Å². The Balaban J connectivity index is 3.00. The van der Waals surface area contributed by atoms with Crippen LogP contribution in [0.4, 0.5) is 0 Å². The Morgan fingerprint density at radius 2 is 2.29 bits per heavy atom. The van der Waals surface area contributed by atoms with Crippen LogP contribution in [0.3, 0.4) is 0 Å². The van der Waals surface area contributed by atoms with Gasteiger partial charge in [-0.15, -0.1) is 0 Å². The minimum absolute atomic E-state index is 0.0406. The summed E-state index contributed by atoms with van der Waals surface area (Å²) >= 11 is 0. The van der Waals surface area contributed by atoms with Crippen LogP contribution in [0.25, 0.3) is 6.08 Å². The lowest BCUT2D eigenvalue weighted by Gasteiger charge is -2.03. The third kappa shape index (κ3) is 3.65. The van der Waals surface area contributed by atoms with Gasteiger partial charge in [-0.05, 0) is 30.7 Å². The molecule has 4 nitrogen and oxygen atoms in total. The molecule has 0 heterocycles. The Morgan fingerprint density at radius 3 is 2.88 bits per heavy atom. The molecule has 0 unspecified atom stereocenters. The molecule has 1 aromatic carbocycles. The molecular weight excluding hydrogens is 218 g/mol. The van der Waals surface area contributed by atoms with Crippen molar-refractivity contribution in [3.05, 3.63) is 35.4 Å². The number of esters is 1. The molecule has 1 rings (SSSR count). The van der Waals surface area contributed by atoms with E-state index >= 15 is 0 Å². The number of carbonyl (C=O) groups is 1. The fourth-order valence-electron chi connectivity index (χ4n) is 1.27. The first-order valence-electron chi connectivity index (χ1n) is 5.14. The summed E-state index contributed by atoms with van der Waals surface area (Å²) < 4.78 is 9.81. The summed E-state index contributed by atoms with van der Waals surface area (Å²) in [4.78, 5) is 11.2. The van der Waals surface area contributed by atoms with Crippen LogP contribution in [0.15, 0.2) is 29.8 Å². The van der Waals surface area contributed by atoms with Crippen LogP contribution in [0.5, 0.6) is 5.75 Å². The molecular formula is C13H13NO3. The standard InChI is InChI=1S/C13H13NO3/c1-3-17-12-6-4-5-10(8-12)7-11(9-14)13(15)16-2/h4-8H,3H2,1-2H3. The van der Waals surface area contributed by atoms with Crippen LogP contribution in [-0.4, -0.2) is 19.7 Å². The molecule has 0 spiro atoms. The smallest absolute Gasteiger partial charge is 0.348 e. The molecule has 0 fully saturated rings. The van der Waals surface area contributed by atoms with E-state index in [9.17, 15) is 4.79 Å². The Kier molecular flexibility index (Phi) is 4.77. The van der Waals surface area contributed by atoms with Crippen LogP contribution in [-0.2, 0) is 9.53 Å². The first-order chi connectivity index (χ1) is 8.21. The first-order valence-corrected chi connectivity index (χ1v) is 5.14. The second-order valence-corrected chi connectivity index (χ2v) is 3.17. The molecule has 4 heteroatoms. The van der Waals surface area contributed by atoms with E-state index in [1.807, 2.05) is 13.0 Å². The number of benzene rings is 1. The Labute approximate surface area is 100 Å². The highest BCUT2D eigenvalue weighted by Gasteiger charge is 2.08. The highest BCUT2D eigenvalue weighted by Crippen LogP contribution is 2.16. The number of hydrogen-bond acceptors (Lipinski definition) is 4. The monoisotopic (exact) mass is 231 g/mol. The Bertz CT molecular complexity index is 472. The number of nitriles is 1. The van der Waals surface area contributed by atoms with Gasteiger partial charge in [0.1, 0.15) is 17.4 Å². The summed E-state index contributed by atoms with van der Waals surface area (Å²) in [7, 11) is 1.24. The largest absolute Gasteiger partial charge is 0.494 e. The molecule has 0 amide bonds. The normalized spacial score (nSPS) is 10.5. The maximum Gasteiger partial charge on any atom is 0.348 e. The summed E-state index contributed by atoms with van der Waals surface area (Å²) in [6.45, 7) is 2.45. The van der Waals surface area contributed by atoms with Gasteiger partial charge in [0, 0.05) is 0 Å². The molecule has 0 bridgehead atoms. The average molecular weight is 231 g/mol. The highest BCUT2D eigenvalue weighted by atomic mass is 16.5. The molecule has 0 saturated heterocycles. The van der Waals surface area contributed by atoms with Gasteiger partial charge >= 0.3 is 5.97 Å². The number of rotatable bonds is 4. The van der Waals surface area contributed by atoms with Crippen molar-refractivity contribution in [3.63, 3.8) is 0 Å². The van der Waals surface area contributed by atoms with Crippen molar-refractivity contribution in [3.8, 4) is 11.8 Å². The molecule has 0 aliphatic rings. The van der Waals surface area contributed by atoms with Crippen LogP contribution >= 0.6 is 0 Å². The molecule has 1 aromatic rings. The van der Waals surface area contributed by atoms with Crippen LogP contribution in [0.2, 0.25) is 0 Å². The van der Waals surface area contributed by atoms with Crippen molar-refractivity contribution in [2.75, 3.05) is 13.7 Å². The SMILES string of the molecule is CCOc1cccc(C=C(C#N)C(=O)OC)c1. The van der Waals surface area contributed by atoms with Gasteiger partial charge in [0.2, 0.25) is 0 Å². The number of hydrogen-bond donors (Lipinski definition) is 0. The third-order valence-electron chi connectivity index (χ3n) is 2.01. The van der Waals surface area contributed by atoms with Gasteiger partial charge in [0.05, 0.1) is 13.7 Å². The summed E-state index contributed by atoms with van der Waals surface area (Å²) in [5.41, 5.74) is 0.680. The second kappa shape index (κ2) is 6.33. The number of nitrogens with zero attached hydrogens (tertiary/aromatic N) is 1. The van der Waals surface area contributed by atoms with Gasteiger partial charge in [-0.1, -0.05) is 12.1 Å². The summed E-state index contributed by atoms with van der Waals surface area (Å²) in [6.07, 6.45) is 1.47. The fraction of sp³-hybridized carbons (Fsp3) is 0.231. The minimum atomic E-state index is -0.644. The summed E-state index contributed by atoms with van der Waals surface area (Å²) in [5.74, 6) is 0.0534. The van der Waals surface area contributed by atoms with Crippen molar-refractivity contribution in [1.29, 1.82) is 5.26 Å². The fourth-order valence-corrected chi connectivity index (χ4v) is 1.27. The molecule has 0 aromatic heterocycles. The van der Waals surface area contributed by atoms with Crippen LogP contribution in [0.1, 0.15) is 12.5 Å². The zero-order valence-electron chi connectivity index (χ0n) is 9.77. The molecule has 0 atom stereocenters. The van der Waals surface area contributed by atoms with E-state index < -0.39 is 5.97 Å². The summed E-state index contributed by atoms with van der Waals surface area (Å²) in [6, 6.07) is 8.94. The zero-order valence-corrected chi connectivity index (χ0v) is 9.77. The maximum atomic E-state index is 11.2. The molecule has 0 radical (unpaired) electrons. The number of carbonyl (C=O) groups excluding carboxylic acids is 1. The van der Waals surface area contributed by atoms with Gasteiger partial charge in [-0.25, -0.2) is 4.79 Å². The van der Waals surface area contributed by atoms with Crippen LogP contribution < -0.4 is 4.74 Å². The van der Waals surface area contributed by atoms with E-state index in [4.69, 9.17) is 10.00 Å². The number of methoxy groups -OCH3 is 1. The summed E-state index contributed by atoms with van der Waals surface area (Å²) in [5, 5.41) is 8.81. The molecule has 17 heavy (non-hydrogen) atoms. The predicted octanol–water partition coefficient (Wildman–Crippen LogP) is 2.17. The maximum absolute atomic E-state index is 11.2. The molecule has 88 valence electrons. The third-order valence-corrected chi connectivity index (χ3v) is 2.01. The van der Waals surface area contributed by atoms with E-state index in [0.29, 0.717) is 12.4 Å². The van der Waals surface area contributed by atoms with Crippen molar-refractivity contribution in [2.24, 2.45) is 0 Å². The van der Waals surface area contributed by atoms with Gasteiger partial charge in [0.15, 0.2) is 0 Å². The van der Waals surface area contributed by atoms with Gasteiger partial charge < -0.3 is 9.47 Å². The molecule has 0 saturated carbocycles. The van der Waals surface area contributed by atoms with E-state index in [2.05, 4.69) is 4.74 Å². The van der Waals surface area contributed by atoms with Crippen molar-refractivity contribution >= 4 is 12.0 Å². The first kappa shape index (κ1) is 12.8. The number of ether oxygens (including phenoxy) is 2. The zero-order chi connectivity index (χ0) is 12.7. The van der Waals surface area contributed by atoms with E-state index in [0.717, 1.165) is 5.56 Å². The Morgan fingerprint density at radius 1 is 1.53 bits per heavy atom. The molecule has 0 aliphatic carbocycles. The lowest BCUT2D eigenvalue weighted by molar-refractivity contribution is -0.135. The lowest BCUT2D eigenvalue weighted by atomic mass is 10.1. The van der Waals surface area contributed by atoms with Crippen molar-refractivity contribution in [2.45, 2.75) is 6.92 Å². The van der Waals surface area contributed by atoms with Crippen LogP contribution in [0, 0.1) is 11.3 Å². The lowest BCUT2D eigenvalue weighted by Crippen LogP contribution is -2.02. The Hall–Kier alpha value is -2.28.